The van der Waals surface area contributed by atoms with E-state index in [0.29, 0.717) is 18.8 Å². The Morgan fingerprint density at radius 1 is 1.21 bits per heavy atom. The van der Waals surface area contributed by atoms with Crippen molar-refractivity contribution in [1.29, 1.82) is 0 Å². The molecular formula is C23H28Cl2N6O3. The van der Waals surface area contributed by atoms with E-state index in [0.717, 1.165) is 42.9 Å². The van der Waals surface area contributed by atoms with E-state index in [1.807, 2.05) is 33.8 Å². The number of halogens is 2. The summed E-state index contributed by atoms with van der Waals surface area (Å²) in [5.74, 6) is 1.38. The van der Waals surface area contributed by atoms with Crippen LogP contribution in [0.5, 0.6) is 5.75 Å². The van der Waals surface area contributed by atoms with Gasteiger partial charge in [-0.1, -0.05) is 11.6 Å². The van der Waals surface area contributed by atoms with E-state index in [1.54, 1.807) is 11.1 Å². The van der Waals surface area contributed by atoms with E-state index in [-0.39, 0.29) is 34.1 Å². The maximum Gasteiger partial charge on any atom is 0.410 e. The van der Waals surface area contributed by atoms with Gasteiger partial charge in [0.25, 0.3) is 0 Å². The third-order valence-corrected chi connectivity index (χ3v) is 7.11. The molecule has 1 amide bonds. The Kier molecular flexibility index (Phi) is 5.75. The lowest BCUT2D eigenvalue weighted by Gasteiger charge is -2.58. The van der Waals surface area contributed by atoms with E-state index >= 15 is 0 Å². The molecule has 0 radical (unpaired) electrons. The monoisotopic (exact) mass is 506 g/mol. The third kappa shape index (κ3) is 4.35. The molecule has 2 aliphatic heterocycles. The van der Waals surface area contributed by atoms with Gasteiger partial charge in [-0.2, -0.15) is 4.98 Å². The summed E-state index contributed by atoms with van der Waals surface area (Å²) < 4.78 is 12.1. The van der Waals surface area contributed by atoms with Gasteiger partial charge < -0.3 is 19.3 Å². The second-order valence-electron chi connectivity index (χ2n) is 10.5. The minimum absolute atomic E-state index is 0.0900. The molecule has 1 unspecified atom stereocenters. The highest BCUT2D eigenvalue weighted by Gasteiger charge is 2.54. The van der Waals surface area contributed by atoms with Crippen LogP contribution in [0.4, 0.5) is 10.6 Å². The predicted molar refractivity (Wildman–Crippen MR) is 127 cm³/mol. The first-order valence-electron chi connectivity index (χ1n) is 11.5. The average molecular weight is 507 g/mol. The first kappa shape index (κ1) is 23.4. The van der Waals surface area contributed by atoms with Crippen LogP contribution in [0.25, 0.3) is 0 Å². The number of aromatic nitrogens is 4. The van der Waals surface area contributed by atoms with Crippen LogP contribution in [0.1, 0.15) is 57.8 Å². The minimum Gasteiger partial charge on any atom is -0.490 e. The molecule has 0 aromatic carbocycles. The van der Waals surface area contributed by atoms with Crippen molar-refractivity contribution >= 4 is 35.1 Å². The Bertz CT molecular complexity index is 1110. The molecule has 1 saturated carbocycles. The molecule has 4 heterocycles. The quantitative estimate of drug-likeness (QED) is 0.601. The molecule has 1 aliphatic carbocycles. The molecule has 1 atom stereocenters. The molecule has 1 spiro atoms. The van der Waals surface area contributed by atoms with Crippen LogP contribution in [-0.2, 0) is 11.2 Å². The van der Waals surface area contributed by atoms with Gasteiger partial charge in [-0.25, -0.2) is 4.79 Å². The Hall–Kier alpha value is -2.39. The Balaban J connectivity index is 1.23. The summed E-state index contributed by atoms with van der Waals surface area (Å²) in [6.07, 6.45) is 4.15. The highest BCUT2D eigenvalue weighted by molar-refractivity contribution is 6.32. The minimum atomic E-state index is -0.542. The maximum absolute atomic E-state index is 12.8. The number of anilines is 1. The van der Waals surface area contributed by atoms with E-state index in [4.69, 9.17) is 32.7 Å². The summed E-state index contributed by atoms with van der Waals surface area (Å²) in [5, 5.41) is 7.87. The molecular weight excluding hydrogens is 479 g/mol. The van der Waals surface area contributed by atoms with Gasteiger partial charge in [0.15, 0.2) is 11.0 Å². The number of hydrogen-bond acceptors (Lipinski definition) is 8. The Morgan fingerprint density at radius 2 is 1.94 bits per heavy atom. The summed E-state index contributed by atoms with van der Waals surface area (Å²) in [4.78, 5) is 25.4. The summed E-state index contributed by atoms with van der Waals surface area (Å²) >= 11 is 12.0. The normalized spacial score (nSPS) is 21.5. The number of hydrogen-bond donors (Lipinski definition) is 0. The number of pyridine rings is 1. The average Bonchev–Trinajstić information content (AvgIpc) is 2.69. The van der Waals surface area contributed by atoms with Gasteiger partial charge in [-0.15, -0.1) is 10.2 Å². The van der Waals surface area contributed by atoms with Crippen molar-refractivity contribution in [3.05, 3.63) is 34.0 Å². The van der Waals surface area contributed by atoms with Crippen molar-refractivity contribution in [2.24, 2.45) is 5.41 Å². The van der Waals surface area contributed by atoms with Crippen LogP contribution in [0.3, 0.4) is 0 Å². The van der Waals surface area contributed by atoms with Crippen molar-refractivity contribution in [3.63, 3.8) is 0 Å². The molecule has 182 valence electrons. The molecule has 5 rings (SSSR count). The van der Waals surface area contributed by atoms with Crippen molar-refractivity contribution in [1.82, 2.24) is 25.1 Å². The zero-order valence-corrected chi connectivity index (χ0v) is 21.2. The van der Waals surface area contributed by atoms with Crippen molar-refractivity contribution in [2.45, 2.75) is 64.7 Å². The van der Waals surface area contributed by atoms with Crippen molar-refractivity contribution < 1.29 is 14.3 Å². The van der Waals surface area contributed by atoms with Gasteiger partial charge in [0.1, 0.15) is 17.5 Å². The predicted octanol–water partition coefficient (Wildman–Crippen LogP) is 4.48. The maximum atomic E-state index is 12.8. The van der Waals surface area contributed by atoms with Crippen molar-refractivity contribution in [2.75, 3.05) is 24.5 Å². The summed E-state index contributed by atoms with van der Waals surface area (Å²) in [6, 6.07) is 1.73. The second-order valence-corrected chi connectivity index (χ2v) is 11.2. The van der Waals surface area contributed by atoms with Gasteiger partial charge >= 0.3 is 6.09 Å². The molecule has 2 aromatic heterocycles. The first-order valence-corrected chi connectivity index (χ1v) is 12.2. The molecule has 2 fully saturated rings. The van der Waals surface area contributed by atoms with Crippen LogP contribution >= 0.6 is 23.2 Å². The van der Waals surface area contributed by atoms with Crippen LogP contribution < -0.4 is 9.64 Å². The molecule has 11 heteroatoms. The van der Waals surface area contributed by atoms with E-state index in [1.165, 1.54) is 0 Å². The number of nitrogens with zero attached hydrogens (tertiary/aromatic N) is 6. The number of carbonyl (C=O) groups is 1. The van der Waals surface area contributed by atoms with Gasteiger partial charge in [0.2, 0.25) is 5.28 Å². The number of fused-ring (bicyclic) bond motifs is 1. The van der Waals surface area contributed by atoms with Gasteiger partial charge in [-0.3, -0.25) is 4.98 Å². The molecule has 34 heavy (non-hydrogen) atoms. The van der Waals surface area contributed by atoms with Crippen LogP contribution in [0.15, 0.2) is 12.3 Å². The highest BCUT2D eigenvalue weighted by atomic mass is 35.5. The summed E-state index contributed by atoms with van der Waals surface area (Å²) in [6.45, 7) is 9.88. The van der Waals surface area contributed by atoms with E-state index in [2.05, 4.69) is 25.1 Å². The molecule has 2 aromatic rings. The SMILES string of the molecule is CC1c2c(OC3CC4(C3)CN(c3nc(Cl)nnc3Cl)C4)ccnc2CCN1C(=O)OC(C)(C)C. The van der Waals surface area contributed by atoms with Gasteiger partial charge in [0.05, 0.1) is 11.7 Å². The first-order chi connectivity index (χ1) is 16.0. The number of rotatable bonds is 3. The van der Waals surface area contributed by atoms with E-state index in [9.17, 15) is 4.79 Å². The highest BCUT2D eigenvalue weighted by Crippen LogP contribution is 2.51. The topological polar surface area (TPSA) is 93.6 Å². The van der Waals surface area contributed by atoms with Gasteiger partial charge in [0, 0.05) is 43.2 Å². The molecule has 0 bridgehead atoms. The second kappa shape index (κ2) is 8.37. The number of ether oxygens (including phenoxy) is 2. The molecule has 0 N–H and O–H groups in total. The van der Waals surface area contributed by atoms with Gasteiger partial charge in [-0.05, 0) is 58.2 Å². The lowest BCUT2D eigenvalue weighted by atomic mass is 9.61. The lowest BCUT2D eigenvalue weighted by molar-refractivity contribution is -0.0356. The molecule has 9 nitrogen and oxygen atoms in total. The largest absolute Gasteiger partial charge is 0.490 e. The Morgan fingerprint density at radius 3 is 2.65 bits per heavy atom. The van der Waals surface area contributed by atoms with E-state index < -0.39 is 5.60 Å². The van der Waals surface area contributed by atoms with Crippen LogP contribution in [0, 0.1) is 5.41 Å². The zero-order valence-electron chi connectivity index (χ0n) is 19.7. The molecule has 1 saturated heterocycles. The number of carbonyl (C=O) groups excluding carboxylic acids is 1. The van der Waals surface area contributed by atoms with Crippen LogP contribution in [-0.4, -0.2) is 62.5 Å². The summed E-state index contributed by atoms with van der Waals surface area (Å²) in [5.41, 5.74) is 1.60. The Labute approximate surface area is 208 Å². The smallest absolute Gasteiger partial charge is 0.410 e. The molecule has 3 aliphatic rings. The summed E-state index contributed by atoms with van der Waals surface area (Å²) in [7, 11) is 0. The number of amides is 1. The third-order valence-electron chi connectivity index (χ3n) is 6.71. The fourth-order valence-electron chi connectivity index (χ4n) is 5.22. The van der Waals surface area contributed by atoms with Crippen molar-refractivity contribution in [3.8, 4) is 5.75 Å². The lowest BCUT2D eigenvalue weighted by Crippen LogP contribution is -2.65. The fourth-order valence-corrected chi connectivity index (χ4v) is 5.54. The standard InChI is InChI=1S/C23H28Cl2N6O3/c1-13-17-15(6-8-31(13)21(32)34-22(2,3)4)26-7-5-16(17)33-14-9-23(10-14)11-30(12-23)19-18(24)28-29-20(25)27-19/h5,7,13-14H,6,8-12H2,1-4H3. The fraction of sp³-hybridized carbons (Fsp3) is 0.609. The van der Waals surface area contributed by atoms with Crippen LogP contribution in [0.2, 0.25) is 10.4 Å². The zero-order chi connectivity index (χ0) is 24.3.